The maximum atomic E-state index is 10.5. The quantitative estimate of drug-likeness (QED) is 0.363. The van der Waals surface area contributed by atoms with Gasteiger partial charge in [0, 0.05) is 37.2 Å². The molecule has 0 fully saturated rings. The largest absolute Gasteiger partial charge is 0.508 e. The van der Waals surface area contributed by atoms with Crippen LogP contribution in [0.1, 0.15) is 35.3 Å². The first kappa shape index (κ1) is 19.8. The van der Waals surface area contributed by atoms with Gasteiger partial charge in [-0.1, -0.05) is 72.1 Å². The summed E-state index contributed by atoms with van der Waals surface area (Å²) in [6.07, 6.45) is 0.502. The Kier molecular flexibility index (Phi) is 6.01. The fourth-order valence-corrected chi connectivity index (χ4v) is 4.25. The molecule has 142 valence electrons. The second kappa shape index (κ2) is 8.49. The van der Waals surface area contributed by atoms with Gasteiger partial charge in [-0.25, -0.2) is 0 Å². The van der Waals surface area contributed by atoms with Crippen LogP contribution < -0.4 is 5.32 Å². The Labute approximate surface area is 189 Å². The molecular weight excluding hydrogens is 548 g/mol. The molecule has 3 aromatic carbocycles. The highest BCUT2D eigenvalue weighted by Gasteiger charge is 2.27. The van der Waals surface area contributed by atoms with Gasteiger partial charge in [-0.15, -0.1) is 0 Å². The van der Waals surface area contributed by atoms with Crippen molar-refractivity contribution < 1.29 is 5.11 Å². The number of aliphatic imine (C=N–C) groups is 1. The Hall–Kier alpha value is -1.47. The summed E-state index contributed by atoms with van der Waals surface area (Å²) in [6, 6.07) is 21.9. The van der Waals surface area contributed by atoms with Crippen LogP contribution in [0.4, 0.5) is 0 Å². The van der Waals surface area contributed by atoms with Gasteiger partial charge in [-0.05, 0) is 53.6 Å². The molecule has 4 rings (SSSR count). The van der Waals surface area contributed by atoms with Crippen LogP contribution in [0.3, 0.4) is 0 Å². The van der Waals surface area contributed by atoms with Crippen LogP contribution in [0.2, 0.25) is 0 Å². The normalized spacial score (nSPS) is 19.3. The maximum Gasteiger partial charge on any atom is 0.126 e. The van der Waals surface area contributed by atoms with Gasteiger partial charge in [-0.2, -0.15) is 0 Å². The van der Waals surface area contributed by atoms with Crippen molar-refractivity contribution >= 4 is 53.5 Å². The van der Waals surface area contributed by atoms with Crippen molar-refractivity contribution in [3.63, 3.8) is 0 Å². The van der Waals surface area contributed by atoms with E-state index in [2.05, 4.69) is 77.4 Å². The molecule has 0 aromatic heterocycles. The minimum atomic E-state index is -0.191. The number of benzene rings is 3. The Bertz CT molecular complexity index is 1020. The number of aromatic hydroxyl groups is 1. The molecule has 3 nitrogen and oxygen atoms in total. The van der Waals surface area contributed by atoms with Crippen LogP contribution in [-0.4, -0.2) is 10.8 Å². The van der Waals surface area contributed by atoms with Crippen molar-refractivity contribution in [1.82, 2.24) is 5.32 Å². The zero-order chi connectivity index (χ0) is 19.7. The lowest BCUT2D eigenvalue weighted by atomic mass is 9.93. The monoisotopic (exact) mass is 562 g/mol. The summed E-state index contributed by atoms with van der Waals surface area (Å²) < 4.78 is 3.01. The van der Waals surface area contributed by atoms with E-state index >= 15 is 0 Å². The summed E-state index contributed by atoms with van der Waals surface area (Å²) in [7, 11) is 0. The average Bonchev–Trinajstić information content (AvgIpc) is 2.70. The first-order chi connectivity index (χ1) is 13.5. The molecule has 0 aliphatic carbocycles. The number of hydrogen-bond donors (Lipinski definition) is 2. The number of hydrogen-bond acceptors (Lipinski definition) is 3. The molecular formula is C22H17Br3N2O. The smallest absolute Gasteiger partial charge is 0.126 e. The van der Waals surface area contributed by atoms with Gasteiger partial charge >= 0.3 is 0 Å². The Morgan fingerprint density at radius 3 is 2.11 bits per heavy atom. The summed E-state index contributed by atoms with van der Waals surface area (Å²) >= 11 is 10.5. The molecule has 0 saturated carbocycles. The van der Waals surface area contributed by atoms with E-state index in [1.165, 1.54) is 0 Å². The van der Waals surface area contributed by atoms with Crippen molar-refractivity contribution in [1.29, 1.82) is 0 Å². The molecule has 0 unspecified atom stereocenters. The van der Waals surface area contributed by atoms with Gasteiger partial charge < -0.3 is 5.11 Å². The van der Waals surface area contributed by atoms with E-state index in [1.54, 1.807) is 6.07 Å². The van der Waals surface area contributed by atoms with Crippen molar-refractivity contribution in [3.05, 3.63) is 96.8 Å². The zero-order valence-corrected chi connectivity index (χ0v) is 19.5. The second-order valence-electron chi connectivity index (χ2n) is 6.66. The molecule has 2 atom stereocenters. The molecule has 28 heavy (non-hydrogen) atoms. The number of halogens is 3. The molecule has 1 aliphatic heterocycles. The van der Waals surface area contributed by atoms with Gasteiger partial charge in [0.05, 0.1) is 0 Å². The third-order valence-corrected chi connectivity index (χ3v) is 6.32. The Morgan fingerprint density at radius 2 is 1.43 bits per heavy atom. The van der Waals surface area contributed by atoms with Crippen molar-refractivity contribution in [2.24, 2.45) is 4.99 Å². The Balaban J connectivity index is 1.76. The molecule has 1 heterocycles. The van der Waals surface area contributed by atoms with E-state index in [0.29, 0.717) is 6.42 Å². The van der Waals surface area contributed by atoms with Crippen LogP contribution in [0, 0.1) is 0 Å². The topological polar surface area (TPSA) is 44.6 Å². The van der Waals surface area contributed by atoms with E-state index in [1.807, 2.05) is 36.4 Å². The number of nitrogens with zero attached hydrogens (tertiary/aromatic N) is 1. The maximum absolute atomic E-state index is 10.5. The highest BCUT2D eigenvalue weighted by Crippen LogP contribution is 2.36. The van der Waals surface area contributed by atoms with Crippen LogP contribution in [0.25, 0.3) is 0 Å². The molecule has 0 amide bonds. The summed E-state index contributed by atoms with van der Waals surface area (Å²) in [5, 5.41) is 14.1. The summed E-state index contributed by atoms with van der Waals surface area (Å²) in [6.45, 7) is 0. The first-order valence-electron chi connectivity index (χ1n) is 8.82. The SMILES string of the molecule is Oc1ccc(Br)cc1[C@H]1CC(c2ccc(Br)cc2)=N[C@@H](c2ccc(Br)cc2)N1. The van der Waals surface area contributed by atoms with E-state index < -0.39 is 0 Å². The van der Waals surface area contributed by atoms with E-state index in [9.17, 15) is 5.11 Å². The fourth-order valence-electron chi connectivity index (χ4n) is 3.34. The lowest BCUT2D eigenvalue weighted by molar-refractivity contribution is 0.412. The highest BCUT2D eigenvalue weighted by molar-refractivity contribution is 9.11. The molecule has 6 heteroatoms. The first-order valence-corrected chi connectivity index (χ1v) is 11.2. The summed E-state index contributed by atoms with van der Waals surface area (Å²) in [4.78, 5) is 4.99. The van der Waals surface area contributed by atoms with Gasteiger partial charge in [0.1, 0.15) is 11.9 Å². The number of nitrogens with one attached hydrogen (secondary N) is 1. The van der Waals surface area contributed by atoms with Crippen LogP contribution in [0.5, 0.6) is 5.75 Å². The Morgan fingerprint density at radius 1 is 0.821 bits per heavy atom. The van der Waals surface area contributed by atoms with Gasteiger partial charge in [-0.3, -0.25) is 10.3 Å². The van der Waals surface area contributed by atoms with Crippen molar-refractivity contribution in [2.45, 2.75) is 18.6 Å². The van der Waals surface area contributed by atoms with Gasteiger partial charge in [0.2, 0.25) is 0 Å². The summed E-state index contributed by atoms with van der Waals surface area (Å²) in [5.74, 6) is 0.285. The lowest BCUT2D eigenvalue weighted by Gasteiger charge is -2.31. The van der Waals surface area contributed by atoms with Crippen LogP contribution in [-0.2, 0) is 0 Å². The molecule has 3 aromatic rings. The van der Waals surface area contributed by atoms with Gasteiger partial charge in [0.25, 0.3) is 0 Å². The third kappa shape index (κ3) is 4.40. The number of rotatable bonds is 3. The lowest BCUT2D eigenvalue weighted by Crippen LogP contribution is -2.33. The number of phenolic OH excluding ortho intramolecular Hbond substituents is 1. The van der Waals surface area contributed by atoms with Crippen molar-refractivity contribution in [3.8, 4) is 5.75 Å². The van der Waals surface area contributed by atoms with Crippen molar-refractivity contribution in [2.75, 3.05) is 0 Å². The van der Waals surface area contributed by atoms with E-state index in [0.717, 1.165) is 35.8 Å². The second-order valence-corrected chi connectivity index (χ2v) is 9.41. The fraction of sp³-hybridized carbons (Fsp3) is 0.136. The van der Waals surface area contributed by atoms with Gasteiger partial charge in [0.15, 0.2) is 0 Å². The minimum Gasteiger partial charge on any atom is -0.508 e. The van der Waals surface area contributed by atoms with Crippen LogP contribution in [0.15, 0.2) is 85.1 Å². The predicted octanol–water partition coefficient (Wildman–Crippen LogP) is 6.90. The third-order valence-electron chi connectivity index (χ3n) is 4.77. The zero-order valence-electron chi connectivity index (χ0n) is 14.7. The molecule has 0 bridgehead atoms. The molecule has 0 radical (unpaired) electrons. The molecule has 0 saturated heterocycles. The highest BCUT2D eigenvalue weighted by atomic mass is 79.9. The molecule has 2 N–H and O–H groups in total. The van der Waals surface area contributed by atoms with E-state index in [4.69, 9.17) is 4.99 Å². The average molecular weight is 565 g/mol. The number of phenols is 1. The minimum absolute atomic E-state index is 0.0534. The predicted molar refractivity (Wildman–Crippen MR) is 124 cm³/mol. The molecule has 0 spiro atoms. The molecule has 1 aliphatic rings. The summed E-state index contributed by atoms with van der Waals surface area (Å²) in [5.41, 5.74) is 4.05. The van der Waals surface area contributed by atoms with Crippen LogP contribution >= 0.6 is 47.8 Å². The van der Waals surface area contributed by atoms with E-state index in [-0.39, 0.29) is 18.0 Å². The standard InChI is InChI=1S/C22H17Br3N2O/c23-15-5-1-13(2-6-15)19-12-20(18-11-17(25)9-10-21(18)28)27-22(26-19)14-3-7-16(24)8-4-14/h1-11,20,22,27-28H,12H2/t20-,22-/m1/s1.